The number of ether oxygens (including phenoxy) is 1. The summed E-state index contributed by atoms with van der Waals surface area (Å²) in [6.07, 6.45) is 4.46. The van der Waals surface area contributed by atoms with E-state index in [2.05, 4.69) is 21.4 Å². The molecule has 3 N–H and O–H groups in total. The van der Waals surface area contributed by atoms with Crippen molar-refractivity contribution in [2.45, 2.75) is 37.3 Å². The maximum atomic E-state index is 11.3. The van der Waals surface area contributed by atoms with Gasteiger partial charge in [0.25, 0.3) is 0 Å². The lowest BCUT2D eigenvalue weighted by atomic mass is 9.74. The van der Waals surface area contributed by atoms with Gasteiger partial charge in [-0.15, -0.1) is 0 Å². The van der Waals surface area contributed by atoms with Crippen molar-refractivity contribution in [2.75, 3.05) is 14.2 Å². The molecule has 1 heterocycles. The highest BCUT2D eigenvalue weighted by atomic mass is 16.5. The normalized spacial score (nSPS) is 18.9. The van der Waals surface area contributed by atoms with Crippen molar-refractivity contribution in [3.05, 3.63) is 34.2 Å². The lowest BCUT2D eigenvalue weighted by Gasteiger charge is -2.42. The van der Waals surface area contributed by atoms with Gasteiger partial charge in [-0.3, -0.25) is 0 Å². The Hall–Kier alpha value is -1.59. The third-order valence-electron chi connectivity index (χ3n) is 4.56. The van der Waals surface area contributed by atoms with Crippen molar-refractivity contribution in [2.24, 2.45) is 0 Å². The molecule has 2 aromatic rings. The molecule has 0 bridgehead atoms. The van der Waals surface area contributed by atoms with Gasteiger partial charge in [0, 0.05) is 13.2 Å². The summed E-state index contributed by atoms with van der Waals surface area (Å²) in [5.74, 6) is 0. The van der Waals surface area contributed by atoms with Crippen LogP contribution in [0.3, 0.4) is 0 Å². The highest BCUT2D eigenvalue weighted by Gasteiger charge is 2.39. The van der Waals surface area contributed by atoms with Gasteiger partial charge in [0.1, 0.15) is 0 Å². The van der Waals surface area contributed by atoms with Gasteiger partial charge in [0.2, 0.25) is 0 Å². The molecule has 20 heavy (non-hydrogen) atoms. The molecule has 3 rings (SSSR count). The second kappa shape index (κ2) is 5.07. The number of hydrogen-bond donors (Lipinski definition) is 3. The van der Waals surface area contributed by atoms with Gasteiger partial charge in [-0.05, 0) is 50.4 Å². The number of aromatic amines is 2. The van der Waals surface area contributed by atoms with Gasteiger partial charge in [-0.2, -0.15) is 0 Å². The zero-order valence-corrected chi connectivity index (χ0v) is 12.0. The van der Waals surface area contributed by atoms with Gasteiger partial charge in [-0.25, -0.2) is 4.79 Å². The molecule has 1 atom stereocenters. The fourth-order valence-corrected chi connectivity index (χ4v) is 3.09. The lowest BCUT2D eigenvalue weighted by Crippen LogP contribution is -2.42. The van der Waals surface area contributed by atoms with E-state index in [1.165, 1.54) is 12.0 Å². The van der Waals surface area contributed by atoms with Gasteiger partial charge in [0.05, 0.1) is 16.6 Å². The number of nitrogens with one attached hydrogen (secondary N) is 3. The summed E-state index contributed by atoms with van der Waals surface area (Å²) in [5, 5.41) is 3.37. The van der Waals surface area contributed by atoms with E-state index < -0.39 is 0 Å². The van der Waals surface area contributed by atoms with Crippen LogP contribution in [0, 0.1) is 0 Å². The summed E-state index contributed by atoms with van der Waals surface area (Å²) in [6.45, 7) is 0. The summed E-state index contributed by atoms with van der Waals surface area (Å²) >= 11 is 0. The molecule has 1 aromatic heterocycles. The van der Waals surface area contributed by atoms with Crippen molar-refractivity contribution in [1.82, 2.24) is 15.3 Å². The Balaban J connectivity index is 1.88. The van der Waals surface area contributed by atoms with Crippen LogP contribution in [0.2, 0.25) is 0 Å². The van der Waals surface area contributed by atoms with Crippen molar-refractivity contribution < 1.29 is 4.74 Å². The topological polar surface area (TPSA) is 69.9 Å². The Morgan fingerprint density at radius 3 is 2.70 bits per heavy atom. The largest absolute Gasteiger partial charge is 0.378 e. The lowest BCUT2D eigenvalue weighted by molar-refractivity contribution is -0.0834. The molecule has 5 nitrogen and oxygen atoms in total. The second-order valence-electron chi connectivity index (χ2n) is 5.67. The summed E-state index contributed by atoms with van der Waals surface area (Å²) in [5.41, 5.74) is 2.74. The molecule has 1 saturated carbocycles. The predicted octanol–water partition coefficient (Wildman–Crippen LogP) is 2.08. The van der Waals surface area contributed by atoms with E-state index in [9.17, 15) is 4.79 Å². The SMILES string of the molecule is CNC(CC1(OC)CCC1)c1ccc2[nH]c(=O)[nH]c2c1. The van der Waals surface area contributed by atoms with E-state index in [0.717, 1.165) is 30.3 Å². The minimum absolute atomic E-state index is 0.0220. The molecule has 1 aromatic carbocycles. The number of benzene rings is 1. The van der Waals surface area contributed by atoms with Crippen LogP contribution in [0.1, 0.15) is 37.3 Å². The first kappa shape index (κ1) is 13.4. The molecule has 0 spiro atoms. The number of hydrogen-bond acceptors (Lipinski definition) is 3. The average molecular weight is 275 g/mol. The molecule has 1 aliphatic carbocycles. The number of imidazole rings is 1. The zero-order chi connectivity index (χ0) is 14.2. The smallest absolute Gasteiger partial charge is 0.323 e. The Morgan fingerprint density at radius 1 is 1.35 bits per heavy atom. The van der Waals surface area contributed by atoms with Crippen LogP contribution in [0.4, 0.5) is 0 Å². The van der Waals surface area contributed by atoms with Crippen molar-refractivity contribution in [3.8, 4) is 0 Å². The first-order valence-electron chi connectivity index (χ1n) is 7.10. The first-order valence-corrected chi connectivity index (χ1v) is 7.10. The van der Waals surface area contributed by atoms with Crippen LogP contribution in [0.5, 0.6) is 0 Å². The zero-order valence-electron chi connectivity index (χ0n) is 12.0. The number of aromatic nitrogens is 2. The highest BCUT2D eigenvalue weighted by Crippen LogP contribution is 2.41. The maximum Gasteiger partial charge on any atom is 0.323 e. The molecular formula is C15H21N3O2. The summed E-state index contributed by atoms with van der Waals surface area (Å²) < 4.78 is 5.72. The molecule has 0 saturated heterocycles. The van der Waals surface area contributed by atoms with Gasteiger partial charge < -0.3 is 20.0 Å². The van der Waals surface area contributed by atoms with E-state index in [0.29, 0.717) is 0 Å². The minimum Gasteiger partial charge on any atom is -0.378 e. The summed E-state index contributed by atoms with van der Waals surface area (Å²) in [6, 6.07) is 6.29. The van der Waals surface area contributed by atoms with E-state index in [4.69, 9.17) is 4.74 Å². The van der Waals surface area contributed by atoms with Crippen molar-refractivity contribution >= 4 is 11.0 Å². The molecule has 1 aliphatic rings. The van der Waals surface area contributed by atoms with E-state index in [1.54, 1.807) is 7.11 Å². The third kappa shape index (κ3) is 2.27. The second-order valence-corrected chi connectivity index (χ2v) is 5.67. The minimum atomic E-state index is -0.162. The molecule has 0 amide bonds. The maximum absolute atomic E-state index is 11.3. The Labute approximate surface area is 117 Å². The molecule has 5 heteroatoms. The van der Waals surface area contributed by atoms with Gasteiger partial charge in [-0.1, -0.05) is 6.07 Å². The van der Waals surface area contributed by atoms with Crippen LogP contribution in [-0.4, -0.2) is 29.7 Å². The molecule has 1 fully saturated rings. The standard InChI is InChI=1S/C15H21N3O2/c1-16-13(9-15(20-2)6-3-7-15)10-4-5-11-12(8-10)18-14(19)17-11/h4-5,8,13,16H,3,6-7,9H2,1-2H3,(H2,17,18,19). The monoisotopic (exact) mass is 275 g/mol. The Morgan fingerprint density at radius 2 is 2.10 bits per heavy atom. The fraction of sp³-hybridized carbons (Fsp3) is 0.533. The number of methoxy groups -OCH3 is 1. The quantitative estimate of drug-likeness (QED) is 0.782. The number of fused-ring (bicyclic) bond motifs is 1. The van der Waals surface area contributed by atoms with Gasteiger partial charge >= 0.3 is 5.69 Å². The fourth-order valence-electron chi connectivity index (χ4n) is 3.09. The molecule has 108 valence electrons. The Kier molecular flexibility index (Phi) is 3.40. The number of rotatable bonds is 5. The van der Waals surface area contributed by atoms with E-state index in [1.807, 2.05) is 19.2 Å². The highest BCUT2D eigenvalue weighted by molar-refractivity contribution is 5.75. The summed E-state index contributed by atoms with van der Waals surface area (Å²) in [7, 11) is 3.77. The van der Waals surface area contributed by atoms with Gasteiger partial charge in [0.15, 0.2) is 0 Å². The van der Waals surface area contributed by atoms with E-state index in [-0.39, 0.29) is 17.3 Å². The van der Waals surface area contributed by atoms with Crippen LogP contribution in [0.25, 0.3) is 11.0 Å². The summed E-state index contributed by atoms with van der Waals surface area (Å²) in [4.78, 5) is 16.9. The van der Waals surface area contributed by atoms with Crippen molar-refractivity contribution in [3.63, 3.8) is 0 Å². The number of H-pyrrole nitrogens is 2. The van der Waals surface area contributed by atoms with Crippen molar-refractivity contribution in [1.29, 1.82) is 0 Å². The van der Waals surface area contributed by atoms with Crippen LogP contribution >= 0.6 is 0 Å². The molecule has 1 unspecified atom stereocenters. The Bertz CT molecular complexity index is 649. The molecular weight excluding hydrogens is 254 g/mol. The predicted molar refractivity (Wildman–Crippen MR) is 78.9 cm³/mol. The van der Waals surface area contributed by atoms with Crippen LogP contribution < -0.4 is 11.0 Å². The van der Waals surface area contributed by atoms with Crippen LogP contribution in [-0.2, 0) is 4.74 Å². The third-order valence-corrected chi connectivity index (χ3v) is 4.56. The molecule has 0 radical (unpaired) electrons. The van der Waals surface area contributed by atoms with E-state index >= 15 is 0 Å². The molecule has 0 aliphatic heterocycles. The van der Waals surface area contributed by atoms with Crippen LogP contribution in [0.15, 0.2) is 23.0 Å². The average Bonchev–Trinajstić information content (AvgIpc) is 2.77. The first-order chi connectivity index (χ1) is 9.65.